The Labute approximate surface area is 100 Å². The number of hydrogen-bond acceptors (Lipinski definition) is 3. The van der Waals surface area contributed by atoms with Crippen molar-refractivity contribution < 1.29 is 4.74 Å². The Morgan fingerprint density at radius 2 is 2.19 bits per heavy atom. The molecule has 1 fully saturated rings. The molecule has 2 unspecified atom stereocenters. The van der Waals surface area contributed by atoms with E-state index in [1.807, 2.05) is 0 Å². The molecule has 1 saturated heterocycles. The van der Waals surface area contributed by atoms with Gasteiger partial charge in [0.05, 0.1) is 6.10 Å². The van der Waals surface area contributed by atoms with Gasteiger partial charge in [-0.2, -0.15) is 0 Å². The first-order chi connectivity index (χ1) is 7.54. The lowest BCUT2D eigenvalue weighted by atomic mass is 9.84. The molecule has 0 aliphatic carbocycles. The highest BCUT2D eigenvalue weighted by molar-refractivity contribution is 4.95. The van der Waals surface area contributed by atoms with Gasteiger partial charge in [0.1, 0.15) is 0 Å². The fourth-order valence-corrected chi connectivity index (χ4v) is 2.69. The topological polar surface area (TPSA) is 38.5 Å². The Kier molecular flexibility index (Phi) is 5.22. The molecule has 1 heterocycles. The number of nitrogens with zero attached hydrogens (tertiary/aromatic N) is 1. The minimum Gasteiger partial charge on any atom is -0.378 e. The number of hydrogen-bond donors (Lipinski definition) is 1. The Morgan fingerprint density at radius 1 is 1.50 bits per heavy atom. The van der Waals surface area contributed by atoms with Crippen LogP contribution in [0.1, 0.15) is 40.0 Å². The fraction of sp³-hybridized carbons (Fsp3) is 1.00. The fourth-order valence-electron chi connectivity index (χ4n) is 2.69. The van der Waals surface area contributed by atoms with Crippen molar-refractivity contribution in [3.05, 3.63) is 0 Å². The molecular weight excluding hydrogens is 200 g/mol. The highest BCUT2D eigenvalue weighted by atomic mass is 16.5. The van der Waals surface area contributed by atoms with E-state index in [1.54, 1.807) is 0 Å². The van der Waals surface area contributed by atoms with Gasteiger partial charge in [0, 0.05) is 25.2 Å². The molecule has 0 bridgehead atoms. The monoisotopic (exact) mass is 228 g/mol. The van der Waals surface area contributed by atoms with Gasteiger partial charge in [-0.15, -0.1) is 0 Å². The normalized spacial score (nSPS) is 31.3. The maximum atomic E-state index is 6.03. The van der Waals surface area contributed by atoms with Crippen LogP contribution in [0, 0.1) is 5.92 Å². The van der Waals surface area contributed by atoms with Gasteiger partial charge in [0.2, 0.25) is 0 Å². The molecule has 1 aliphatic heterocycles. The van der Waals surface area contributed by atoms with E-state index in [-0.39, 0.29) is 5.54 Å². The van der Waals surface area contributed by atoms with Crippen LogP contribution in [0.4, 0.5) is 0 Å². The van der Waals surface area contributed by atoms with E-state index < -0.39 is 0 Å². The molecule has 3 nitrogen and oxygen atoms in total. The smallest absolute Gasteiger partial charge is 0.0590 e. The van der Waals surface area contributed by atoms with Gasteiger partial charge >= 0.3 is 0 Å². The SMILES string of the molecule is CCC1CC(CN)(N(C)CC(C)C)CCO1. The maximum Gasteiger partial charge on any atom is 0.0590 e. The molecule has 2 N–H and O–H groups in total. The molecule has 0 amide bonds. The summed E-state index contributed by atoms with van der Waals surface area (Å²) in [5.74, 6) is 0.691. The van der Waals surface area contributed by atoms with Crippen LogP contribution < -0.4 is 5.73 Å². The minimum absolute atomic E-state index is 0.170. The van der Waals surface area contributed by atoms with Crippen molar-refractivity contribution in [3.8, 4) is 0 Å². The van der Waals surface area contributed by atoms with E-state index in [0.717, 1.165) is 39.0 Å². The standard InChI is InChI=1S/C13H28N2O/c1-5-12-8-13(10-14,6-7-16-12)15(4)9-11(2)3/h11-12H,5-10,14H2,1-4H3. The molecule has 0 aromatic carbocycles. The van der Waals surface area contributed by atoms with E-state index in [1.165, 1.54) is 0 Å². The summed E-state index contributed by atoms with van der Waals surface area (Å²) in [5.41, 5.74) is 6.20. The van der Waals surface area contributed by atoms with Gasteiger partial charge in [0.15, 0.2) is 0 Å². The third kappa shape index (κ3) is 3.19. The second-order valence-corrected chi connectivity index (χ2v) is 5.56. The summed E-state index contributed by atoms with van der Waals surface area (Å²) in [6.45, 7) is 9.44. The van der Waals surface area contributed by atoms with Crippen LogP contribution in [0.5, 0.6) is 0 Å². The van der Waals surface area contributed by atoms with Crippen molar-refractivity contribution in [1.82, 2.24) is 4.90 Å². The average Bonchev–Trinajstić information content (AvgIpc) is 2.28. The molecule has 0 spiro atoms. The van der Waals surface area contributed by atoms with Crippen molar-refractivity contribution in [2.45, 2.75) is 51.7 Å². The summed E-state index contributed by atoms with van der Waals surface area (Å²) in [7, 11) is 2.21. The first kappa shape index (κ1) is 13.9. The van der Waals surface area contributed by atoms with Gasteiger partial charge in [-0.05, 0) is 32.2 Å². The molecule has 0 radical (unpaired) electrons. The Morgan fingerprint density at radius 3 is 2.69 bits per heavy atom. The van der Waals surface area contributed by atoms with Crippen LogP contribution in [0.3, 0.4) is 0 Å². The molecule has 0 aromatic heterocycles. The molecule has 16 heavy (non-hydrogen) atoms. The zero-order chi connectivity index (χ0) is 12.2. The van der Waals surface area contributed by atoms with Gasteiger partial charge in [-0.3, -0.25) is 4.90 Å². The lowest BCUT2D eigenvalue weighted by molar-refractivity contribution is -0.0671. The summed E-state index contributed by atoms with van der Waals surface area (Å²) < 4.78 is 5.76. The van der Waals surface area contributed by atoms with Crippen molar-refractivity contribution >= 4 is 0 Å². The average molecular weight is 228 g/mol. The Bertz CT molecular complexity index is 208. The summed E-state index contributed by atoms with van der Waals surface area (Å²) in [6.07, 6.45) is 3.65. The second kappa shape index (κ2) is 5.99. The van der Waals surface area contributed by atoms with Crippen LogP contribution in [0.25, 0.3) is 0 Å². The summed E-state index contributed by atoms with van der Waals surface area (Å²) in [6, 6.07) is 0. The first-order valence-corrected chi connectivity index (χ1v) is 6.57. The quantitative estimate of drug-likeness (QED) is 0.780. The van der Waals surface area contributed by atoms with Gasteiger partial charge in [-0.25, -0.2) is 0 Å². The number of nitrogens with two attached hydrogens (primary N) is 1. The third-order valence-electron chi connectivity index (χ3n) is 3.81. The molecule has 2 atom stereocenters. The van der Waals surface area contributed by atoms with E-state index in [9.17, 15) is 0 Å². The first-order valence-electron chi connectivity index (χ1n) is 6.57. The highest BCUT2D eigenvalue weighted by Crippen LogP contribution is 2.31. The third-order valence-corrected chi connectivity index (χ3v) is 3.81. The van der Waals surface area contributed by atoms with Crippen LogP contribution in [-0.4, -0.2) is 43.3 Å². The van der Waals surface area contributed by atoms with Crippen molar-refractivity contribution in [1.29, 1.82) is 0 Å². The minimum atomic E-state index is 0.170. The summed E-state index contributed by atoms with van der Waals surface area (Å²) in [4.78, 5) is 2.46. The number of rotatable bonds is 5. The van der Waals surface area contributed by atoms with Crippen LogP contribution in [-0.2, 0) is 4.74 Å². The van der Waals surface area contributed by atoms with Gasteiger partial charge < -0.3 is 10.5 Å². The van der Waals surface area contributed by atoms with Crippen LogP contribution in [0.15, 0.2) is 0 Å². The Balaban J connectivity index is 2.67. The van der Waals surface area contributed by atoms with E-state index in [2.05, 4.69) is 32.7 Å². The zero-order valence-electron chi connectivity index (χ0n) is 11.3. The van der Waals surface area contributed by atoms with Crippen LogP contribution >= 0.6 is 0 Å². The van der Waals surface area contributed by atoms with Crippen molar-refractivity contribution in [2.75, 3.05) is 26.7 Å². The van der Waals surface area contributed by atoms with Crippen molar-refractivity contribution in [3.63, 3.8) is 0 Å². The molecule has 0 saturated carbocycles. The molecule has 96 valence electrons. The second-order valence-electron chi connectivity index (χ2n) is 5.56. The van der Waals surface area contributed by atoms with E-state index in [0.29, 0.717) is 12.0 Å². The van der Waals surface area contributed by atoms with Gasteiger partial charge in [0.25, 0.3) is 0 Å². The van der Waals surface area contributed by atoms with E-state index >= 15 is 0 Å². The molecule has 3 heteroatoms. The number of likely N-dealkylation sites (N-methyl/N-ethyl adjacent to an activating group) is 1. The lowest BCUT2D eigenvalue weighted by Gasteiger charge is -2.47. The summed E-state index contributed by atoms with van der Waals surface area (Å²) in [5, 5.41) is 0. The Hall–Kier alpha value is -0.120. The lowest BCUT2D eigenvalue weighted by Crippen LogP contribution is -2.57. The van der Waals surface area contributed by atoms with Gasteiger partial charge in [-0.1, -0.05) is 20.8 Å². The molecule has 1 rings (SSSR count). The zero-order valence-corrected chi connectivity index (χ0v) is 11.3. The highest BCUT2D eigenvalue weighted by Gasteiger charge is 2.38. The maximum absolute atomic E-state index is 6.03. The van der Waals surface area contributed by atoms with Crippen LogP contribution in [0.2, 0.25) is 0 Å². The largest absolute Gasteiger partial charge is 0.378 e. The number of ether oxygens (including phenoxy) is 1. The predicted octanol–water partition coefficient (Wildman–Crippen LogP) is 1.86. The molecule has 1 aliphatic rings. The predicted molar refractivity (Wildman–Crippen MR) is 68.5 cm³/mol. The van der Waals surface area contributed by atoms with Crippen molar-refractivity contribution in [2.24, 2.45) is 11.7 Å². The van der Waals surface area contributed by atoms with E-state index in [4.69, 9.17) is 10.5 Å². The molecular formula is C13H28N2O. The summed E-state index contributed by atoms with van der Waals surface area (Å²) >= 11 is 0. The molecule has 0 aromatic rings.